The molecule has 0 atom stereocenters. The molecule has 3 rings (SSSR count). The zero-order chi connectivity index (χ0) is 18.4. The van der Waals surface area contributed by atoms with Crippen molar-refractivity contribution in [1.82, 2.24) is 25.3 Å². The third kappa shape index (κ3) is 5.16. The van der Waals surface area contributed by atoms with E-state index in [4.69, 9.17) is 4.52 Å². The van der Waals surface area contributed by atoms with Crippen molar-refractivity contribution in [2.24, 2.45) is 0 Å². The molecule has 0 aliphatic carbocycles. The van der Waals surface area contributed by atoms with Gasteiger partial charge in [-0.25, -0.2) is 4.98 Å². The summed E-state index contributed by atoms with van der Waals surface area (Å²) >= 11 is 1.43. The molecule has 136 valence electrons. The van der Waals surface area contributed by atoms with E-state index in [1.165, 1.54) is 11.8 Å². The van der Waals surface area contributed by atoms with Crippen LogP contribution in [0.1, 0.15) is 36.4 Å². The maximum absolute atomic E-state index is 12.0. The molecule has 2 heterocycles. The summed E-state index contributed by atoms with van der Waals surface area (Å²) in [4.78, 5) is 20.6. The normalized spacial score (nSPS) is 10.8. The molecule has 0 bridgehead atoms. The summed E-state index contributed by atoms with van der Waals surface area (Å²) < 4.78 is 5.19. The van der Waals surface area contributed by atoms with Crippen molar-refractivity contribution in [2.45, 2.75) is 44.0 Å². The molecule has 2 N–H and O–H groups in total. The number of H-pyrrole nitrogens is 1. The highest BCUT2D eigenvalue weighted by molar-refractivity contribution is 7.98. The highest BCUT2D eigenvalue weighted by atomic mass is 32.2. The Hall–Kier alpha value is -2.68. The second-order valence-corrected chi connectivity index (χ2v) is 6.67. The molecule has 2 aromatic heterocycles. The smallest absolute Gasteiger partial charge is 0.227 e. The first-order valence-corrected chi connectivity index (χ1v) is 9.33. The minimum Gasteiger partial charge on any atom is -0.339 e. The molecular formula is C17H20N6O2S. The van der Waals surface area contributed by atoms with Gasteiger partial charge < -0.3 is 9.84 Å². The largest absolute Gasteiger partial charge is 0.339 e. The Bertz CT molecular complexity index is 858. The summed E-state index contributed by atoms with van der Waals surface area (Å²) in [7, 11) is 0. The Morgan fingerprint density at radius 3 is 2.81 bits per heavy atom. The summed E-state index contributed by atoms with van der Waals surface area (Å²) in [5, 5.41) is 14.4. The Morgan fingerprint density at radius 1 is 1.27 bits per heavy atom. The number of carbonyl (C=O) groups is 1. The Morgan fingerprint density at radius 2 is 2.08 bits per heavy atom. The second-order valence-electron chi connectivity index (χ2n) is 5.73. The van der Waals surface area contributed by atoms with Gasteiger partial charge in [0, 0.05) is 24.9 Å². The first kappa shape index (κ1) is 18.1. The molecule has 0 fully saturated rings. The van der Waals surface area contributed by atoms with Crippen molar-refractivity contribution in [2.75, 3.05) is 5.32 Å². The number of aromatic amines is 1. The molecule has 26 heavy (non-hydrogen) atoms. The lowest BCUT2D eigenvalue weighted by Crippen LogP contribution is -2.12. The van der Waals surface area contributed by atoms with Crippen molar-refractivity contribution in [3.05, 3.63) is 47.4 Å². The monoisotopic (exact) mass is 372 g/mol. The third-order valence-electron chi connectivity index (χ3n) is 3.59. The van der Waals surface area contributed by atoms with Crippen molar-refractivity contribution >= 4 is 23.4 Å². The molecule has 8 nitrogen and oxygen atoms in total. The highest BCUT2D eigenvalue weighted by Gasteiger charge is 2.11. The maximum atomic E-state index is 12.0. The topological polar surface area (TPSA) is 110 Å². The zero-order valence-electron chi connectivity index (χ0n) is 14.7. The fourth-order valence-electron chi connectivity index (χ4n) is 2.16. The van der Waals surface area contributed by atoms with E-state index in [1.807, 2.05) is 38.1 Å². The minimum absolute atomic E-state index is 0.0872. The van der Waals surface area contributed by atoms with Gasteiger partial charge in [-0.15, -0.1) is 5.10 Å². The molecule has 0 spiro atoms. The number of hydrogen-bond donors (Lipinski definition) is 2. The SMILES string of the molecule is CCc1nc(SCc2noc(CCC(=O)Nc3ccc(C)cc3)n2)n[nH]1. The van der Waals surface area contributed by atoms with Crippen molar-refractivity contribution in [3.8, 4) is 0 Å². The van der Waals surface area contributed by atoms with Crippen LogP contribution in [0, 0.1) is 6.92 Å². The number of amides is 1. The van der Waals surface area contributed by atoms with Crippen LogP contribution in [-0.4, -0.2) is 31.2 Å². The van der Waals surface area contributed by atoms with Crippen molar-refractivity contribution < 1.29 is 9.32 Å². The van der Waals surface area contributed by atoms with Gasteiger partial charge in [-0.2, -0.15) is 4.98 Å². The number of nitrogens with zero attached hydrogens (tertiary/aromatic N) is 4. The van der Waals surface area contributed by atoms with Crippen LogP contribution in [0.5, 0.6) is 0 Å². The molecule has 0 saturated carbocycles. The van der Waals surface area contributed by atoms with E-state index in [0.29, 0.717) is 29.0 Å². The lowest BCUT2D eigenvalue weighted by atomic mass is 10.2. The van der Waals surface area contributed by atoms with Crippen LogP contribution < -0.4 is 5.32 Å². The highest BCUT2D eigenvalue weighted by Crippen LogP contribution is 2.17. The first-order valence-electron chi connectivity index (χ1n) is 8.34. The predicted octanol–water partition coefficient (Wildman–Crippen LogP) is 2.92. The zero-order valence-corrected chi connectivity index (χ0v) is 15.5. The van der Waals surface area contributed by atoms with Crippen molar-refractivity contribution in [3.63, 3.8) is 0 Å². The average Bonchev–Trinajstić information content (AvgIpc) is 3.29. The number of nitrogens with one attached hydrogen (secondary N) is 2. The first-order chi connectivity index (χ1) is 12.6. The molecule has 0 saturated heterocycles. The maximum Gasteiger partial charge on any atom is 0.227 e. The quantitative estimate of drug-likeness (QED) is 0.585. The van der Waals surface area contributed by atoms with Gasteiger partial charge in [0.25, 0.3) is 0 Å². The van der Waals surface area contributed by atoms with Gasteiger partial charge in [0.15, 0.2) is 5.82 Å². The Labute approximate surface area is 155 Å². The number of benzene rings is 1. The molecule has 0 unspecified atom stereocenters. The van der Waals surface area contributed by atoms with Gasteiger partial charge in [0.1, 0.15) is 5.82 Å². The van der Waals surface area contributed by atoms with Crippen LogP contribution in [0.25, 0.3) is 0 Å². The standard InChI is InChI=1S/C17H20N6O2S/c1-3-13-20-17(22-21-13)26-10-14-19-16(25-23-14)9-8-15(24)18-12-6-4-11(2)5-7-12/h4-7H,3,8-10H2,1-2H3,(H,18,24)(H,20,21,22). The minimum atomic E-state index is -0.0872. The van der Waals surface area contributed by atoms with E-state index < -0.39 is 0 Å². The number of aromatic nitrogens is 5. The lowest BCUT2D eigenvalue weighted by molar-refractivity contribution is -0.116. The van der Waals surface area contributed by atoms with Crippen LogP contribution >= 0.6 is 11.8 Å². The molecule has 1 amide bonds. The second kappa shape index (κ2) is 8.61. The average molecular weight is 372 g/mol. The van der Waals surface area contributed by atoms with Crippen molar-refractivity contribution in [1.29, 1.82) is 0 Å². The van der Waals surface area contributed by atoms with Gasteiger partial charge in [-0.05, 0) is 19.1 Å². The molecule has 9 heteroatoms. The summed E-state index contributed by atoms with van der Waals surface area (Å²) in [5.74, 6) is 2.28. The van der Waals surface area contributed by atoms with Gasteiger partial charge in [0.05, 0.1) is 5.75 Å². The third-order valence-corrected chi connectivity index (χ3v) is 4.43. The van der Waals surface area contributed by atoms with Gasteiger partial charge in [0.2, 0.25) is 17.0 Å². The fourth-order valence-corrected chi connectivity index (χ4v) is 2.82. The van der Waals surface area contributed by atoms with E-state index in [0.717, 1.165) is 23.5 Å². The van der Waals surface area contributed by atoms with E-state index in [9.17, 15) is 4.79 Å². The summed E-state index contributed by atoms with van der Waals surface area (Å²) in [5.41, 5.74) is 1.93. The van der Waals surface area contributed by atoms with Crippen LogP contribution in [0.3, 0.4) is 0 Å². The van der Waals surface area contributed by atoms with Crippen LogP contribution in [0.15, 0.2) is 33.9 Å². The van der Waals surface area contributed by atoms with Gasteiger partial charge >= 0.3 is 0 Å². The van der Waals surface area contributed by atoms with Gasteiger partial charge in [-0.1, -0.05) is 41.5 Å². The van der Waals surface area contributed by atoms with E-state index in [1.54, 1.807) is 0 Å². The predicted molar refractivity (Wildman–Crippen MR) is 97.7 cm³/mol. The fraction of sp³-hybridized carbons (Fsp3) is 0.353. The number of anilines is 1. The van der Waals surface area contributed by atoms with Crippen LogP contribution in [0.2, 0.25) is 0 Å². The molecule has 0 aliphatic rings. The van der Waals surface area contributed by atoms with Crippen LogP contribution in [0.4, 0.5) is 5.69 Å². The number of thioether (sulfide) groups is 1. The number of aryl methyl sites for hydroxylation is 3. The van der Waals surface area contributed by atoms with Crippen LogP contribution in [-0.2, 0) is 23.4 Å². The Kier molecular flexibility index (Phi) is 6.00. The molecule has 0 radical (unpaired) electrons. The van der Waals surface area contributed by atoms with Gasteiger partial charge in [-0.3, -0.25) is 9.89 Å². The molecule has 1 aromatic carbocycles. The lowest BCUT2D eigenvalue weighted by Gasteiger charge is -2.04. The number of carbonyl (C=O) groups excluding carboxylic acids is 1. The number of hydrogen-bond acceptors (Lipinski definition) is 7. The summed E-state index contributed by atoms with van der Waals surface area (Å²) in [6, 6.07) is 7.66. The summed E-state index contributed by atoms with van der Waals surface area (Å²) in [6.07, 6.45) is 1.49. The molecular weight excluding hydrogens is 352 g/mol. The summed E-state index contributed by atoms with van der Waals surface area (Å²) in [6.45, 7) is 4.01. The van der Waals surface area contributed by atoms with E-state index in [2.05, 4.69) is 30.6 Å². The molecule has 0 aliphatic heterocycles. The van der Waals surface area contributed by atoms with E-state index >= 15 is 0 Å². The molecule has 3 aromatic rings. The number of rotatable bonds is 8. The Balaban J connectivity index is 1.44. The van der Waals surface area contributed by atoms with E-state index in [-0.39, 0.29) is 12.3 Å².